The first-order valence-corrected chi connectivity index (χ1v) is 10.1. The molecular weight excluding hydrogens is 452 g/mol. The maximum absolute atomic E-state index is 13.3. The number of carbonyl (C=O) groups excluding carboxylic acids is 2. The molecule has 29 heavy (non-hydrogen) atoms. The number of benzene rings is 3. The Bertz CT molecular complexity index is 1140. The van der Waals surface area contributed by atoms with Crippen molar-refractivity contribution >= 4 is 56.3 Å². The van der Waals surface area contributed by atoms with Gasteiger partial charge in [0, 0.05) is 15.2 Å². The van der Waals surface area contributed by atoms with Crippen LogP contribution in [0.25, 0.3) is 5.57 Å². The smallest absolute Gasteiger partial charge is 0.282 e. The van der Waals surface area contributed by atoms with E-state index in [1.165, 1.54) is 4.90 Å². The molecule has 0 saturated carbocycles. The van der Waals surface area contributed by atoms with Gasteiger partial charge < -0.3 is 5.32 Å². The average Bonchev–Trinajstić information content (AvgIpc) is 2.96. The molecule has 0 saturated heterocycles. The van der Waals surface area contributed by atoms with Gasteiger partial charge in [0.2, 0.25) is 0 Å². The molecule has 144 valence electrons. The van der Waals surface area contributed by atoms with Gasteiger partial charge in [0.25, 0.3) is 11.8 Å². The van der Waals surface area contributed by atoms with E-state index in [2.05, 4.69) is 21.2 Å². The molecular formula is C23H16BrClN2O2. The Hall–Kier alpha value is -2.89. The fourth-order valence-corrected chi connectivity index (χ4v) is 3.60. The molecule has 0 aromatic heterocycles. The summed E-state index contributed by atoms with van der Waals surface area (Å²) in [4.78, 5) is 27.8. The van der Waals surface area contributed by atoms with Crippen molar-refractivity contribution in [2.45, 2.75) is 6.92 Å². The zero-order valence-corrected chi connectivity index (χ0v) is 17.8. The summed E-state index contributed by atoms with van der Waals surface area (Å²) in [5.74, 6) is -0.780. The van der Waals surface area contributed by atoms with Gasteiger partial charge in [0.05, 0.1) is 11.3 Å². The number of imide groups is 1. The number of nitrogens with zero attached hydrogens (tertiary/aromatic N) is 1. The van der Waals surface area contributed by atoms with E-state index in [-0.39, 0.29) is 11.6 Å². The van der Waals surface area contributed by atoms with Crippen molar-refractivity contribution in [2.75, 3.05) is 10.2 Å². The molecule has 1 N–H and O–H groups in total. The van der Waals surface area contributed by atoms with Crippen LogP contribution in [0.3, 0.4) is 0 Å². The second-order valence-electron chi connectivity index (χ2n) is 6.63. The summed E-state index contributed by atoms with van der Waals surface area (Å²) in [7, 11) is 0. The second kappa shape index (κ2) is 7.85. The number of aryl methyl sites for hydroxylation is 1. The van der Waals surface area contributed by atoms with Gasteiger partial charge in [-0.25, -0.2) is 4.90 Å². The molecule has 0 atom stereocenters. The summed E-state index contributed by atoms with van der Waals surface area (Å²) < 4.78 is 0.865. The minimum atomic E-state index is -0.409. The molecule has 1 aliphatic heterocycles. The predicted octanol–water partition coefficient (Wildman–Crippen LogP) is 5.81. The molecule has 1 heterocycles. The van der Waals surface area contributed by atoms with Gasteiger partial charge in [-0.1, -0.05) is 63.9 Å². The lowest BCUT2D eigenvalue weighted by Crippen LogP contribution is -2.32. The van der Waals surface area contributed by atoms with E-state index in [0.29, 0.717) is 27.5 Å². The Morgan fingerprint density at radius 1 is 0.897 bits per heavy atom. The monoisotopic (exact) mass is 466 g/mol. The average molecular weight is 468 g/mol. The molecule has 0 spiro atoms. The van der Waals surface area contributed by atoms with Crippen LogP contribution in [0.1, 0.15) is 11.1 Å². The zero-order valence-electron chi connectivity index (χ0n) is 15.4. The van der Waals surface area contributed by atoms with Crippen LogP contribution in [0.5, 0.6) is 0 Å². The van der Waals surface area contributed by atoms with Crippen molar-refractivity contribution in [1.82, 2.24) is 0 Å². The Kier molecular flexibility index (Phi) is 5.26. The first-order valence-electron chi connectivity index (χ1n) is 8.93. The molecule has 0 unspecified atom stereocenters. The molecule has 0 bridgehead atoms. The molecule has 1 aliphatic rings. The molecule has 3 aromatic carbocycles. The Morgan fingerprint density at radius 2 is 1.59 bits per heavy atom. The van der Waals surface area contributed by atoms with E-state index in [4.69, 9.17) is 11.6 Å². The van der Waals surface area contributed by atoms with Crippen LogP contribution in [0.2, 0.25) is 5.02 Å². The number of halogens is 2. The van der Waals surface area contributed by atoms with Crippen molar-refractivity contribution in [3.8, 4) is 0 Å². The Labute approximate surface area is 181 Å². The normalized spacial score (nSPS) is 14.0. The van der Waals surface area contributed by atoms with Crippen LogP contribution in [-0.4, -0.2) is 11.8 Å². The highest BCUT2D eigenvalue weighted by atomic mass is 79.9. The van der Waals surface area contributed by atoms with Gasteiger partial charge in [-0.3, -0.25) is 9.59 Å². The molecule has 0 aliphatic carbocycles. The van der Waals surface area contributed by atoms with Gasteiger partial charge in [-0.05, 0) is 54.4 Å². The summed E-state index contributed by atoms with van der Waals surface area (Å²) in [5, 5.41) is 3.70. The summed E-state index contributed by atoms with van der Waals surface area (Å²) >= 11 is 9.61. The fourth-order valence-electron chi connectivity index (χ4n) is 3.16. The van der Waals surface area contributed by atoms with Crippen molar-refractivity contribution in [1.29, 1.82) is 0 Å². The van der Waals surface area contributed by atoms with E-state index in [0.717, 1.165) is 10.0 Å². The molecule has 3 aromatic rings. The topological polar surface area (TPSA) is 49.4 Å². The third-order valence-corrected chi connectivity index (χ3v) is 5.61. The third-order valence-electron chi connectivity index (χ3n) is 4.67. The minimum absolute atomic E-state index is 0.226. The van der Waals surface area contributed by atoms with E-state index in [9.17, 15) is 9.59 Å². The van der Waals surface area contributed by atoms with Gasteiger partial charge in [-0.15, -0.1) is 0 Å². The maximum Gasteiger partial charge on any atom is 0.282 e. The van der Waals surface area contributed by atoms with E-state index < -0.39 is 5.91 Å². The standard InChI is InChI=1S/C23H16BrClN2O2/c1-14-7-10-17(13-19(14)25)26-21-20(15-5-3-2-4-6-15)22(28)27(23(21)29)18-11-8-16(24)9-12-18/h2-13,26H,1H3. The van der Waals surface area contributed by atoms with Crippen molar-refractivity contribution < 1.29 is 9.59 Å². The van der Waals surface area contributed by atoms with Crippen molar-refractivity contribution in [2.24, 2.45) is 0 Å². The number of anilines is 2. The van der Waals surface area contributed by atoms with Crippen LogP contribution < -0.4 is 10.2 Å². The number of hydrogen-bond donors (Lipinski definition) is 1. The summed E-state index contributed by atoms with van der Waals surface area (Å²) in [6, 6.07) is 21.7. The van der Waals surface area contributed by atoms with Gasteiger partial charge in [0.15, 0.2) is 0 Å². The molecule has 6 heteroatoms. The number of rotatable bonds is 4. The Balaban J connectivity index is 1.81. The first kappa shape index (κ1) is 19.4. The predicted molar refractivity (Wildman–Crippen MR) is 120 cm³/mol. The lowest BCUT2D eigenvalue weighted by atomic mass is 10.0. The van der Waals surface area contributed by atoms with Gasteiger partial charge >= 0.3 is 0 Å². The van der Waals surface area contributed by atoms with Crippen LogP contribution in [-0.2, 0) is 9.59 Å². The summed E-state index contributed by atoms with van der Waals surface area (Å²) in [5.41, 5.74) is 3.31. The van der Waals surface area contributed by atoms with Crippen LogP contribution in [0.15, 0.2) is 83.0 Å². The lowest BCUT2D eigenvalue weighted by Gasteiger charge is -2.15. The third kappa shape index (κ3) is 3.71. The molecule has 2 amide bonds. The largest absolute Gasteiger partial charge is 0.350 e. The van der Waals surface area contributed by atoms with Gasteiger partial charge in [0.1, 0.15) is 5.70 Å². The van der Waals surface area contributed by atoms with Crippen LogP contribution in [0.4, 0.5) is 11.4 Å². The van der Waals surface area contributed by atoms with Crippen LogP contribution in [0, 0.1) is 6.92 Å². The highest BCUT2D eigenvalue weighted by Gasteiger charge is 2.40. The van der Waals surface area contributed by atoms with E-state index in [1.54, 1.807) is 30.3 Å². The van der Waals surface area contributed by atoms with Gasteiger partial charge in [-0.2, -0.15) is 0 Å². The number of carbonyl (C=O) groups is 2. The SMILES string of the molecule is Cc1ccc(NC2=C(c3ccccc3)C(=O)N(c3ccc(Br)cc3)C2=O)cc1Cl. The Morgan fingerprint density at radius 3 is 2.24 bits per heavy atom. The highest BCUT2D eigenvalue weighted by Crippen LogP contribution is 2.34. The molecule has 0 fully saturated rings. The number of amides is 2. The number of hydrogen-bond acceptors (Lipinski definition) is 3. The minimum Gasteiger partial charge on any atom is -0.350 e. The fraction of sp³-hybridized carbons (Fsp3) is 0.0435. The van der Waals surface area contributed by atoms with Crippen LogP contribution >= 0.6 is 27.5 Å². The maximum atomic E-state index is 13.3. The second-order valence-corrected chi connectivity index (χ2v) is 7.95. The van der Waals surface area contributed by atoms with Crippen molar-refractivity contribution in [3.63, 3.8) is 0 Å². The lowest BCUT2D eigenvalue weighted by molar-refractivity contribution is -0.120. The first-order chi connectivity index (χ1) is 14.0. The quantitative estimate of drug-likeness (QED) is 0.493. The molecule has 0 radical (unpaired) electrons. The number of nitrogens with one attached hydrogen (secondary N) is 1. The highest BCUT2D eigenvalue weighted by molar-refractivity contribution is 9.10. The summed E-state index contributed by atoms with van der Waals surface area (Å²) in [6.45, 7) is 1.90. The molecule has 4 rings (SSSR count). The van der Waals surface area contributed by atoms with E-state index >= 15 is 0 Å². The molecule has 4 nitrogen and oxygen atoms in total. The zero-order chi connectivity index (χ0) is 20.5. The van der Waals surface area contributed by atoms with Crippen molar-refractivity contribution in [3.05, 3.63) is 99.1 Å². The van der Waals surface area contributed by atoms with E-state index in [1.807, 2.05) is 49.4 Å². The summed E-state index contributed by atoms with van der Waals surface area (Å²) in [6.07, 6.45) is 0.